The van der Waals surface area contributed by atoms with E-state index in [4.69, 9.17) is 0 Å². The Morgan fingerprint density at radius 3 is 2.74 bits per heavy atom. The molecule has 1 fully saturated rings. The van der Waals surface area contributed by atoms with Crippen molar-refractivity contribution in [3.05, 3.63) is 40.7 Å². The molecule has 3 heterocycles. The molecule has 1 aliphatic heterocycles. The second kappa shape index (κ2) is 6.91. The fourth-order valence-electron chi connectivity index (χ4n) is 2.52. The summed E-state index contributed by atoms with van der Waals surface area (Å²) < 4.78 is 13.8. The number of halogens is 1. The molecule has 3 rings (SSSR count). The molecule has 2 aromatic rings. The smallest absolute Gasteiger partial charge is 0.318 e. The van der Waals surface area contributed by atoms with E-state index in [9.17, 15) is 9.18 Å². The van der Waals surface area contributed by atoms with E-state index in [1.54, 1.807) is 23.4 Å². The van der Waals surface area contributed by atoms with Gasteiger partial charge in [0.05, 0.1) is 6.04 Å². The Bertz CT molecular complexity index is 658. The number of carbonyl (C=O) groups is 1. The van der Waals surface area contributed by atoms with Gasteiger partial charge in [-0.1, -0.05) is 0 Å². The Labute approximate surface area is 138 Å². The van der Waals surface area contributed by atoms with E-state index in [2.05, 4.69) is 15.3 Å². The molecule has 1 saturated heterocycles. The highest BCUT2D eigenvalue weighted by Crippen LogP contribution is 2.18. The summed E-state index contributed by atoms with van der Waals surface area (Å²) >= 11 is 1.52. The predicted molar refractivity (Wildman–Crippen MR) is 87.0 cm³/mol. The summed E-state index contributed by atoms with van der Waals surface area (Å²) in [5.74, 6) is 0.0199. The van der Waals surface area contributed by atoms with Crippen molar-refractivity contribution in [1.82, 2.24) is 20.2 Å². The van der Waals surface area contributed by atoms with Crippen LogP contribution in [0.4, 0.5) is 15.0 Å². The number of thiazole rings is 1. The van der Waals surface area contributed by atoms with E-state index in [1.807, 2.05) is 17.2 Å². The lowest BCUT2D eigenvalue weighted by Crippen LogP contribution is -2.52. The Hall–Kier alpha value is -2.22. The van der Waals surface area contributed by atoms with Crippen molar-refractivity contribution in [1.29, 1.82) is 0 Å². The van der Waals surface area contributed by atoms with Gasteiger partial charge in [-0.25, -0.2) is 19.2 Å². The Balaban J connectivity index is 1.54. The SMILES string of the molecule is C[C@H](NC(=O)N1CCN(c2ncccc2F)CC1)c1nccs1. The molecule has 2 aromatic heterocycles. The average Bonchev–Trinajstić information content (AvgIpc) is 3.10. The third-order valence-electron chi connectivity index (χ3n) is 3.77. The fraction of sp³-hybridized carbons (Fsp3) is 0.400. The fourth-order valence-corrected chi connectivity index (χ4v) is 3.16. The lowest BCUT2D eigenvalue weighted by molar-refractivity contribution is 0.191. The van der Waals surface area contributed by atoms with Crippen molar-refractivity contribution < 1.29 is 9.18 Å². The highest BCUT2D eigenvalue weighted by molar-refractivity contribution is 7.09. The van der Waals surface area contributed by atoms with Gasteiger partial charge in [0.25, 0.3) is 0 Å². The van der Waals surface area contributed by atoms with Crippen LogP contribution in [-0.4, -0.2) is 47.1 Å². The van der Waals surface area contributed by atoms with Gasteiger partial charge in [0.2, 0.25) is 0 Å². The van der Waals surface area contributed by atoms with Gasteiger partial charge in [0.1, 0.15) is 5.01 Å². The number of anilines is 1. The molecule has 1 N–H and O–H groups in total. The van der Waals surface area contributed by atoms with Gasteiger partial charge >= 0.3 is 6.03 Å². The van der Waals surface area contributed by atoms with Crippen LogP contribution < -0.4 is 10.2 Å². The van der Waals surface area contributed by atoms with E-state index in [0.717, 1.165) is 5.01 Å². The first-order valence-electron chi connectivity index (χ1n) is 7.45. The van der Waals surface area contributed by atoms with E-state index in [-0.39, 0.29) is 17.9 Å². The Morgan fingerprint density at radius 2 is 2.09 bits per heavy atom. The molecule has 0 spiro atoms. The van der Waals surface area contributed by atoms with Gasteiger partial charge in [0, 0.05) is 44.0 Å². The Kier molecular flexibility index (Phi) is 4.71. The van der Waals surface area contributed by atoms with Gasteiger partial charge in [0.15, 0.2) is 11.6 Å². The van der Waals surface area contributed by atoms with Gasteiger partial charge in [-0.2, -0.15) is 0 Å². The van der Waals surface area contributed by atoms with Crippen molar-refractivity contribution in [2.45, 2.75) is 13.0 Å². The molecule has 2 amide bonds. The third kappa shape index (κ3) is 3.58. The zero-order valence-corrected chi connectivity index (χ0v) is 13.6. The summed E-state index contributed by atoms with van der Waals surface area (Å²) in [5, 5.41) is 5.71. The molecule has 0 bridgehead atoms. The summed E-state index contributed by atoms with van der Waals surface area (Å²) in [7, 11) is 0. The lowest BCUT2D eigenvalue weighted by Gasteiger charge is -2.35. The molecular formula is C15H18FN5OS. The maximum Gasteiger partial charge on any atom is 0.318 e. The first kappa shape index (κ1) is 15.7. The maximum atomic E-state index is 13.8. The zero-order valence-electron chi connectivity index (χ0n) is 12.8. The average molecular weight is 335 g/mol. The standard InChI is InChI=1S/C15H18FN5OS/c1-11(14-18-5-10-23-14)19-15(22)21-8-6-20(7-9-21)13-12(16)3-2-4-17-13/h2-5,10-11H,6-9H2,1H3,(H,19,22)/t11-/m0/s1. The minimum Gasteiger partial charge on any atom is -0.351 e. The van der Waals surface area contributed by atoms with Crippen LogP contribution in [0.25, 0.3) is 0 Å². The van der Waals surface area contributed by atoms with Crippen LogP contribution in [0, 0.1) is 5.82 Å². The van der Waals surface area contributed by atoms with Crippen LogP contribution in [0.2, 0.25) is 0 Å². The number of rotatable bonds is 3. The van der Waals surface area contributed by atoms with Gasteiger partial charge < -0.3 is 15.1 Å². The topological polar surface area (TPSA) is 61.4 Å². The lowest BCUT2D eigenvalue weighted by atomic mass is 10.3. The number of pyridine rings is 1. The van der Waals surface area contributed by atoms with Crippen LogP contribution >= 0.6 is 11.3 Å². The number of nitrogens with one attached hydrogen (secondary N) is 1. The normalized spacial score (nSPS) is 16.3. The van der Waals surface area contributed by atoms with Crippen molar-refractivity contribution in [2.75, 3.05) is 31.1 Å². The largest absolute Gasteiger partial charge is 0.351 e. The molecule has 122 valence electrons. The molecule has 1 aliphatic rings. The summed E-state index contributed by atoms with van der Waals surface area (Å²) in [6, 6.07) is 2.74. The minimum atomic E-state index is -0.331. The zero-order chi connectivity index (χ0) is 16.2. The number of carbonyl (C=O) groups excluding carboxylic acids is 1. The molecule has 0 aliphatic carbocycles. The second-order valence-corrected chi connectivity index (χ2v) is 6.25. The number of hydrogen-bond donors (Lipinski definition) is 1. The van der Waals surface area contributed by atoms with Crippen LogP contribution in [0.5, 0.6) is 0 Å². The number of hydrogen-bond acceptors (Lipinski definition) is 5. The minimum absolute atomic E-state index is 0.117. The first-order chi connectivity index (χ1) is 11.1. The van der Waals surface area contributed by atoms with Gasteiger partial charge in [-0.3, -0.25) is 0 Å². The summed E-state index contributed by atoms with van der Waals surface area (Å²) in [6.07, 6.45) is 3.30. The number of nitrogens with zero attached hydrogens (tertiary/aromatic N) is 4. The van der Waals surface area contributed by atoms with E-state index >= 15 is 0 Å². The summed E-state index contributed by atoms with van der Waals surface area (Å²) in [4.78, 5) is 24.2. The first-order valence-corrected chi connectivity index (χ1v) is 8.33. The van der Waals surface area contributed by atoms with Crippen molar-refractivity contribution >= 4 is 23.2 Å². The van der Waals surface area contributed by atoms with Crippen molar-refractivity contribution in [3.63, 3.8) is 0 Å². The highest BCUT2D eigenvalue weighted by Gasteiger charge is 2.24. The second-order valence-electron chi connectivity index (χ2n) is 5.32. The third-order valence-corrected chi connectivity index (χ3v) is 4.73. The van der Waals surface area contributed by atoms with Crippen LogP contribution in [0.3, 0.4) is 0 Å². The van der Waals surface area contributed by atoms with Gasteiger partial charge in [-0.15, -0.1) is 11.3 Å². The predicted octanol–water partition coefficient (Wildman–Crippen LogP) is 2.27. The number of urea groups is 1. The van der Waals surface area contributed by atoms with Crippen LogP contribution in [-0.2, 0) is 0 Å². The molecule has 0 saturated carbocycles. The van der Waals surface area contributed by atoms with E-state index in [0.29, 0.717) is 32.0 Å². The number of piperazine rings is 1. The molecule has 1 atom stereocenters. The van der Waals surface area contributed by atoms with Crippen LogP contribution in [0.15, 0.2) is 29.9 Å². The molecule has 0 aromatic carbocycles. The van der Waals surface area contributed by atoms with Gasteiger partial charge in [-0.05, 0) is 19.1 Å². The summed E-state index contributed by atoms with van der Waals surface area (Å²) in [5.41, 5.74) is 0. The highest BCUT2D eigenvalue weighted by atomic mass is 32.1. The number of aromatic nitrogens is 2. The van der Waals surface area contributed by atoms with E-state index < -0.39 is 0 Å². The molecule has 8 heteroatoms. The maximum absolute atomic E-state index is 13.8. The quantitative estimate of drug-likeness (QED) is 0.935. The molecule has 6 nitrogen and oxygen atoms in total. The molecule has 23 heavy (non-hydrogen) atoms. The monoisotopic (exact) mass is 335 g/mol. The number of amides is 2. The van der Waals surface area contributed by atoms with Crippen molar-refractivity contribution in [3.8, 4) is 0 Å². The van der Waals surface area contributed by atoms with Crippen molar-refractivity contribution in [2.24, 2.45) is 0 Å². The Morgan fingerprint density at radius 1 is 1.30 bits per heavy atom. The van der Waals surface area contributed by atoms with E-state index in [1.165, 1.54) is 17.4 Å². The van der Waals surface area contributed by atoms with Crippen LogP contribution in [0.1, 0.15) is 18.0 Å². The molecule has 0 unspecified atom stereocenters. The summed E-state index contributed by atoms with van der Waals surface area (Å²) in [6.45, 7) is 4.11. The molecule has 0 radical (unpaired) electrons. The molecular weight excluding hydrogens is 317 g/mol.